The molecule has 0 amide bonds. The fourth-order valence-corrected chi connectivity index (χ4v) is 6.35. The van der Waals surface area contributed by atoms with Crippen molar-refractivity contribution in [3.05, 3.63) is 52.1 Å². The van der Waals surface area contributed by atoms with E-state index in [2.05, 4.69) is 34.4 Å². The monoisotopic (exact) mass is 479 g/mol. The molecule has 1 fully saturated rings. The SMILES string of the molecule is CC1C=c2c(C3CCN(c4nc5c(c(Nc6cccc(F)c6)n4)S(=O)CC5)CC3)noc2=CC1. The first kappa shape index (κ1) is 21.5. The van der Waals surface area contributed by atoms with E-state index in [1.165, 1.54) is 12.1 Å². The Hall–Kier alpha value is -3.07. The van der Waals surface area contributed by atoms with Crippen LogP contribution in [-0.4, -0.2) is 38.2 Å². The highest BCUT2D eigenvalue weighted by atomic mass is 32.2. The molecular weight excluding hydrogens is 453 g/mol. The predicted molar refractivity (Wildman–Crippen MR) is 129 cm³/mol. The summed E-state index contributed by atoms with van der Waals surface area (Å²) in [5, 5.41) is 8.76. The molecular formula is C25H26FN5O2S. The van der Waals surface area contributed by atoms with Crippen molar-refractivity contribution in [3.8, 4) is 0 Å². The molecule has 3 aromatic rings. The van der Waals surface area contributed by atoms with Gasteiger partial charge >= 0.3 is 0 Å². The van der Waals surface area contributed by atoms with E-state index >= 15 is 0 Å². The van der Waals surface area contributed by atoms with Crippen LogP contribution < -0.4 is 20.9 Å². The van der Waals surface area contributed by atoms with E-state index in [0.29, 0.717) is 46.4 Å². The third-order valence-electron chi connectivity index (χ3n) is 6.84. The number of aromatic nitrogens is 3. The van der Waals surface area contributed by atoms with Gasteiger partial charge in [-0.05, 0) is 49.5 Å². The summed E-state index contributed by atoms with van der Waals surface area (Å²) in [6.07, 6.45) is 7.93. The first-order valence-electron chi connectivity index (χ1n) is 11.8. The summed E-state index contributed by atoms with van der Waals surface area (Å²) < 4.78 is 31.9. The van der Waals surface area contributed by atoms with Crippen molar-refractivity contribution < 1.29 is 13.1 Å². The Balaban J connectivity index is 1.26. The van der Waals surface area contributed by atoms with Gasteiger partial charge in [-0.25, -0.2) is 9.37 Å². The van der Waals surface area contributed by atoms with Gasteiger partial charge in [0.1, 0.15) is 10.7 Å². The Bertz CT molecular complexity index is 1400. The molecule has 2 unspecified atom stereocenters. The zero-order valence-corrected chi connectivity index (χ0v) is 19.8. The molecule has 0 radical (unpaired) electrons. The topological polar surface area (TPSA) is 84.2 Å². The lowest BCUT2D eigenvalue weighted by Crippen LogP contribution is -2.37. The molecule has 7 nitrogen and oxygen atoms in total. The average molecular weight is 480 g/mol. The number of piperidine rings is 1. The van der Waals surface area contributed by atoms with Gasteiger partial charge in [0.25, 0.3) is 0 Å². The third kappa shape index (κ3) is 3.91. The van der Waals surface area contributed by atoms with E-state index in [4.69, 9.17) is 14.5 Å². The maximum absolute atomic E-state index is 13.7. The van der Waals surface area contributed by atoms with Gasteiger partial charge in [-0.15, -0.1) is 0 Å². The highest BCUT2D eigenvalue weighted by molar-refractivity contribution is 7.85. The number of hydrogen-bond acceptors (Lipinski definition) is 7. The Labute approximate surface area is 199 Å². The lowest BCUT2D eigenvalue weighted by atomic mass is 9.90. The molecule has 1 saturated heterocycles. The number of aryl methyl sites for hydroxylation is 1. The molecule has 1 N–H and O–H groups in total. The molecule has 2 atom stereocenters. The number of halogens is 1. The Morgan fingerprint density at radius 3 is 2.91 bits per heavy atom. The van der Waals surface area contributed by atoms with Crippen molar-refractivity contribution in [2.75, 3.05) is 29.1 Å². The average Bonchev–Trinajstić information content (AvgIpc) is 3.42. The molecule has 0 spiro atoms. The second kappa shape index (κ2) is 8.61. The summed E-state index contributed by atoms with van der Waals surface area (Å²) in [4.78, 5) is 12.3. The number of rotatable bonds is 4. The van der Waals surface area contributed by atoms with E-state index in [0.717, 1.165) is 54.4 Å². The maximum atomic E-state index is 13.7. The second-order valence-corrected chi connectivity index (χ2v) is 10.8. The van der Waals surface area contributed by atoms with Crippen LogP contribution in [0.5, 0.6) is 0 Å². The predicted octanol–water partition coefficient (Wildman–Crippen LogP) is 3.00. The van der Waals surface area contributed by atoms with Gasteiger partial charge in [-0.1, -0.05) is 24.2 Å². The highest BCUT2D eigenvalue weighted by Gasteiger charge is 2.30. The lowest BCUT2D eigenvalue weighted by Gasteiger charge is -2.31. The molecule has 1 aromatic carbocycles. The van der Waals surface area contributed by atoms with E-state index in [1.807, 2.05) is 0 Å². The van der Waals surface area contributed by atoms with Crippen LogP contribution >= 0.6 is 0 Å². The van der Waals surface area contributed by atoms with Crippen LogP contribution in [-0.2, 0) is 17.2 Å². The summed E-state index contributed by atoms with van der Waals surface area (Å²) in [5.41, 5.74) is 3.36. The van der Waals surface area contributed by atoms with Gasteiger partial charge in [0.15, 0.2) is 11.2 Å². The minimum Gasteiger partial charge on any atom is -0.356 e. The van der Waals surface area contributed by atoms with Crippen molar-refractivity contribution in [1.82, 2.24) is 15.1 Å². The van der Waals surface area contributed by atoms with Gasteiger partial charge in [-0.3, -0.25) is 4.21 Å². The highest BCUT2D eigenvalue weighted by Crippen LogP contribution is 2.33. The number of benzene rings is 1. The quantitative estimate of drug-likeness (QED) is 0.616. The molecule has 4 heterocycles. The van der Waals surface area contributed by atoms with Crippen molar-refractivity contribution in [3.63, 3.8) is 0 Å². The molecule has 6 rings (SSSR count). The van der Waals surface area contributed by atoms with E-state index in [-0.39, 0.29) is 5.82 Å². The fraction of sp³-hybridized carbons (Fsp3) is 0.400. The standard InChI is InChI=1S/C25H26FN5O2S/c1-15-5-6-21-19(13-15)22(30-33-21)16-7-10-31(11-8-16)25-28-20-9-12-34(32)23(20)24(29-25)27-18-4-2-3-17(26)14-18/h2-4,6,13-16H,5,7-12H2,1H3,(H,27,28,29). The van der Waals surface area contributed by atoms with E-state index in [1.54, 1.807) is 12.1 Å². The van der Waals surface area contributed by atoms with Crippen LogP contribution in [0.25, 0.3) is 12.2 Å². The molecule has 2 aromatic heterocycles. The summed E-state index contributed by atoms with van der Waals surface area (Å²) in [5.74, 6) is 2.18. The van der Waals surface area contributed by atoms with Crippen LogP contribution in [0.4, 0.5) is 21.8 Å². The molecule has 0 saturated carbocycles. The fourth-order valence-electron chi connectivity index (χ4n) is 5.04. The van der Waals surface area contributed by atoms with Gasteiger partial charge in [0, 0.05) is 42.1 Å². The van der Waals surface area contributed by atoms with Gasteiger partial charge in [0.2, 0.25) is 5.95 Å². The van der Waals surface area contributed by atoms with Crippen LogP contribution in [0.1, 0.15) is 43.5 Å². The number of fused-ring (bicyclic) bond motifs is 2. The normalized spacial score (nSPS) is 22.0. The lowest BCUT2D eigenvalue weighted by molar-refractivity contribution is 0.372. The van der Waals surface area contributed by atoms with Gasteiger partial charge < -0.3 is 14.7 Å². The molecule has 2 aliphatic heterocycles. The zero-order chi connectivity index (χ0) is 23.2. The molecule has 1 aliphatic carbocycles. The largest absolute Gasteiger partial charge is 0.356 e. The Morgan fingerprint density at radius 2 is 2.09 bits per heavy atom. The van der Waals surface area contributed by atoms with E-state index in [9.17, 15) is 8.60 Å². The minimum atomic E-state index is -1.16. The number of nitrogens with zero attached hydrogens (tertiary/aromatic N) is 4. The molecule has 0 bridgehead atoms. The molecule has 34 heavy (non-hydrogen) atoms. The maximum Gasteiger partial charge on any atom is 0.227 e. The molecule has 176 valence electrons. The summed E-state index contributed by atoms with van der Waals surface area (Å²) in [6, 6.07) is 6.21. The minimum absolute atomic E-state index is 0.335. The van der Waals surface area contributed by atoms with Crippen LogP contribution in [0.3, 0.4) is 0 Å². The Morgan fingerprint density at radius 1 is 1.24 bits per heavy atom. The van der Waals surface area contributed by atoms with Crippen LogP contribution in [0.15, 0.2) is 33.7 Å². The first-order valence-corrected chi connectivity index (χ1v) is 13.1. The van der Waals surface area contributed by atoms with Gasteiger partial charge in [0.05, 0.1) is 22.2 Å². The van der Waals surface area contributed by atoms with Crippen LogP contribution in [0, 0.1) is 11.7 Å². The number of anilines is 3. The molecule has 3 aliphatic rings. The van der Waals surface area contributed by atoms with E-state index < -0.39 is 10.8 Å². The smallest absolute Gasteiger partial charge is 0.227 e. The van der Waals surface area contributed by atoms with Crippen molar-refractivity contribution >= 4 is 40.4 Å². The zero-order valence-electron chi connectivity index (χ0n) is 19.0. The number of nitrogens with one attached hydrogen (secondary N) is 1. The summed E-state index contributed by atoms with van der Waals surface area (Å²) in [6.45, 7) is 3.81. The molecule has 9 heteroatoms. The van der Waals surface area contributed by atoms with Crippen molar-refractivity contribution in [2.24, 2.45) is 5.92 Å². The third-order valence-corrected chi connectivity index (χ3v) is 8.30. The van der Waals surface area contributed by atoms with Crippen molar-refractivity contribution in [1.29, 1.82) is 0 Å². The van der Waals surface area contributed by atoms with Gasteiger partial charge in [-0.2, -0.15) is 4.98 Å². The Kier molecular flexibility index (Phi) is 5.44. The summed E-state index contributed by atoms with van der Waals surface area (Å²) >= 11 is 0. The number of hydrogen-bond donors (Lipinski definition) is 1. The van der Waals surface area contributed by atoms with Crippen molar-refractivity contribution in [2.45, 2.75) is 43.4 Å². The summed E-state index contributed by atoms with van der Waals surface area (Å²) in [7, 11) is -1.16. The first-order chi connectivity index (χ1) is 16.5. The second-order valence-electron chi connectivity index (χ2n) is 9.27. The van der Waals surface area contributed by atoms with Crippen LogP contribution in [0.2, 0.25) is 0 Å².